The highest BCUT2D eigenvalue weighted by molar-refractivity contribution is 5.85. The molecule has 0 aliphatic carbocycles. The molecule has 5 nitrogen and oxygen atoms in total. The fourth-order valence-corrected chi connectivity index (χ4v) is 2.29. The standard InChI is InChI=1S/C18H12N2O3/c1-11-8-13(10-19)9-15-17(11)23-18(20-15)14-5-2-12(3-6-14)4-7-16(21)22/h2-9H,1H3,(H,21,22)/b7-4+. The molecule has 112 valence electrons. The molecule has 1 aromatic heterocycles. The molecule has 0 fully saturated rings. The Bertz CT molecular complexity index is 960. The monoisotopic (exact) mass is 304 g/mol. The maximum Gasteiger partial charge on any atom is 0.328 e. The molecule has 2 aromatic carbocycles. The minimum Gasteiger partial charge on any atom is -0.478 e. The zero-order valence-corrected chi connectivity index (χ0v) is 12.3. The fourth-order valence-electron chi connectivity index (χ4n) is 2.29. The number of oxazole rings is 1. The van der Waals surface area contributed by atoms with E-state index < -0.39 is 5.97 Å². The minimum absolute atomic E-state index is 0.465. The van der Waals surface area contributed by atoms with Gasteiger partial charge in [0.1, 0.15) is 5.52 Å². The van der Waals surface area contributed by atoms with Gasteiger partial charge in [0.25, 0.3) is 0 Å². The molecule has 23 heavy (non-hydrogen) atoms. The van der Waals surface area contributed by atoms with E-state index in [0.29, 0.717) is 22.6 Å². The Labute approximate surface area is 132 Å². The number of benzene rings is 2. The first-order valence-corrected chi connectivity index (χ1v) is 6.89. The predicted molar refractivity (Wildman–Crippen MR) is 85.6 cm³/mol. The molecule has 0 aliphatic heterocycles. The van der Waals surface area contributed by atoms with Crippen LogP contribution in [0.1, 0.15) is 16.7 Å². The van der Waals surface area contributed by atoms with E-state index in [1.54, 1.807) is 24.3 Å². The number of carboxylic acid groups (broad SMARTS) is 1. The van der Waals surface area contributed by atoms with E-state index in [2.05, 4.69) is 11.1 Å². The van der Waals surface area contributed by atoms with Gasteiger partial charge in [-0.2, -0.15) is 5.26 Å². The summed E-state index contributed by atoms with van der Waals surface area (Å²) in [6.45, 7) is 1.87. The van der Waals surface area contributed by atoms with Gasteiger partial charge in [-0.25, -0.2) is 9.78 Å². The van der Waals surface area contributed by atoms with Crippen molar-refractivity contribution < 1.29 is 14.3 Å². The molecular weight excluding hydrogens is 292 g/mol. The molecule has 0 saturated heterocycles. The van der Waals surface area contributed by atoms with E-state index in [0.717, 1.165) is 22.8 Å². The number of nitriles is 1. The number of carboxylic acids is 1. The first kappa shape index (κ1) is 14.5. The van der Waals surface area contributed by atoms with Gasteiger partial charge in [-0.1, -0.05) is 12.1 Å². The average Bonchev–Trinajstić information content (AvgIpc) is 2.98. The van der Waals surface area contributed by atoms with Crippen LogP contribution in [-0.2, 0) is 4.79 Å². The fraction of sp³-hybridized carbons (Fsp3) is 0.0556. The lowest BCUT2D eigenvalue weighted by atomic mass is 10.1. The number of hydrogen-bond donors (Lipinski definition) is 1. The van der Waals surface area contributed by atoms with Crippen LogP contribution in [0.3, 0.4) is 0 Å². The van der Waals surface area contributed by atoms with E-state index >= 15 is 0 Å². The van der Waals surface area contributed by atoms with Crippen LogP contribution in [0, 0.1) is 18.3 Å². The lowest BCUT2D eigenvalue weighted by Gasteiger charge is -1.97. The van der Waals surface area contributed by atoms with Gasteiger partial charge in [-0.05, 0) is 48.4 Å². The van der Waals surface area contributed by atoms with Gasteiger partial charge in [-0.15, -0.1) is 0 Å². The molecule has 3 rings (SSSR count). The molecule has 3 aromatic rings. The SMILES string of the molecule is Cc1cc(C#N)cc2nc(-c3ccc(/C=C/C(=O)O)cc3)oc12. The van der Waals surface area contributed by atoms with Crippen LogP contribution in [0.2, 0.25) is 0 Å². The van der Waals surface area contributed by atoms with Gasteiger partial charge in [0.15, 0.2) is 5.58 Å². The predicted octanol–water partition coefficient (Wildman–Crippen LogP) is 3.77. The van der Waals surface area contributed by atoms with Crippen molar-refractivity contribution in [2.75, 3.05) is 0 Å². The number of nitrogens with zero attached hydrogens (tertiary/aromatic N) is 2. The number of hydrogen-bond acceptors (Lipinski definition) is 4. The second-order valence-corrected chi connectivity index (χ2v) is 5.07. The average molecular weight is 304 g/mol. The summed E-state index contributed by atoms with van der Waals surface area (Å²) in [5, 5.41) is 17.6. The van der Waals surface area contributed by atoms with Crippen LogP contribution in [-0.4, -0.2) is 16.1 Å². The third kappa shape index (κ3) is 2.97. The maximum atomic E-state index is 10.5. The van der Waals surface area contributed by atoms with Gasteiger partial charge in [0.2, 0.25) is 5.89 Å². The van der Waals surface area contributed by atoms with Crippen molar-refractivity contribution in [3.8, 4) is 17.5 Å². The summed E-state index contributed by atoms with van der Waals surface area (Å²) >= 11 is 0. The van der Waals surface area contributed by atoms with Crippen LogP contribution >= 0.6 is 0 Å². The number of aryl methyl sites for hydroxylation is 1. The van der Waals surface area contributed by atoms with Gasteiger partial charge in [-0.3, -0.25) is 0 Å². The van der Waals surface area contributed by atoms with Crippen LogP contribution in [0.15, 0.2) is 46.9 Å². The van der Waals surface area contributed by atoms with Crippen molar-refractivity contribution in [1.82, 2.24) is 4.98 Å². The third-order valence-corrected chi connectivity index (χ3v) is 3.38. The highest BCUT2D eigenvalue weighted by Gasteiger charge is 2.11. The molecule has 0 spiro atoms. The Morgan fingerprint density at radius 2 is 2.04 bits per heavy atom. The summed E-state index contributed by atoms with van der Waals surface area (Å²) in [5.41, 5.74) is 4.27. The van der Waals surface area contributed by atoms with Crippen molar-refractivity contribution >= 4 is 23.1 Å². The van der Waals surface area contributed by atoms with Gasteiger partial charge >= 0.3 is 5.97 Å². The van der Waals surface area contributed by atoms with Gasteiger partial charge < -0.3 is 9.52 Å². The molecule has 1 N–H and O–H groups in total. The largest absolute Gasteiger partial charge is 0.478 e. The molecule has 1 heterocycles. The van der Waals surface area contributed by atoms with E-state index in [4.69, 9.17) is 14.8 Å². The van der Waals surface area contributed by atoms with E-state index in [1.807, 2.05) is 19.1 Å². The molecule has 0 bridgehead atoms. The van der Waals surface area contributed by atoms with Gasteiger partial charge in [0, 0.05) is 11.6 Å². The van der Waals surface area contributed by atoms with Crippen molar-refractivity contribution in [3.05, 3.63) is 59.2 Å². The number of fused-ring (bicyclic) bond motifs is 1. The summed E-state index contributed by atoms with van der Waals surface area (Å²) in [7, 11) is 0. The number of aliphatic carboxylic acids is 1. The number of carbonyl (C=O) groups is 1. The lowest BCUT2D eigenvalue weighted by Crippen LogP contribution is -1.85. The first-order valence-electron chi connectivity index (χ1n) is 6.89. The lowest BCUT2D eigenvalue weighted by molar-refractivity contribution is -0.131. The Morgan fingerprint density at radius 1 is 1.30 bits per heavy atom. The van der Waals surface area contributed by atoms with Crippen molar-refractivity contribution in [2.45, 2.75) is 6.92 Å². The van der Waals surface area contributed by atoms with Crippen molar-refractivity contribution in [2.24, 2.45) is 0 Å². The second-order valence-electron chi connectivity index (χ2n) is 5.07. The normalized spacial score (nSPS) is 11.0. The molecule has 5 heteroatoms. The molecule has 0 atom stereocenters. The maximum absolute atomic E-state index is 10.5. The number of rotatable bonds is 3. The molecular formula is C18H12N2O3. The Balaban J connectivity index is 1.99. The summed E-state index contributed by atoms with van der Waals surface area (Å²) in [6, 6.07) is 12.8. The van der Waals surface area contributed by atoms with E-state index in [-0.39, 0.29) is 0 Å². The minimum atomic E-state index is -0.989. The molecule has 0 aliphatic rings. The first-order chi connectivity index (χ1) is 11.1. The smallest absolute Gasteiger partial charge is 0.328 e. The topological polar surface area (TPSA) is 87.1 Å². The highest BCUT2D eigenvalue weighted by atomic mass is 16.4. The molecule has 0 amide bonds. The highest BCUT2D eigenvalue weighted by Crippen LogP contribution is 2.27. The van der Waals surface area contributed by atoms with Crippen LogP contribution < -0.4 is 0 Å². The summed E-state index contributed by atoms with van der Waals surface area (Å²) < 4.78 is 5.79. The summed E-state index contributed by atoms with van der Waals surface area (Å²) in [5.74, 6) is -0.524. The Hall–Kier alpha value is -3.39. The summed E-state index contributed by atoms with van der Waals surface area (Å²) in [6.07, 6.45) is 2.60. The van der Waals surface area contributed by atoms with Crippen molar-refractivity contribution in [3.63, 3.8) is 0 Å². The summed E-state index contributed by atoms with van der Waals surface area (Å²) in [4.78, 5) is 14.9. The zero-order valence-electron chi connectivity index (χ0n) is 12.3. The Kier molecular flexibility index (Phi) is 3.65. The van der Waals surface area contributed by atoms with E-state index in [1.165, 1.54) is 6.08 Å². The zero-order chi connectivity index (χ0) is 16.4. The van der Waals surface area contributed by atoms with Gasteiger partial charge in [0.05, 0.1) is 11.6 Å². The molecule has 0 unspecified atom stereocenters. The molecule has 0 radical (unpaired) electrons. The van der Waals surface area contributed by atoms with E-state index in [9.17, 15) is 4.79 Å². The third-order valence-electron chi connectivity index (χ3n) is 3.38. The van der Waals surface area contributed by atoms with Crippen LogP contribution in [0.5, 0.6) is 0 Å². The van der Waals surface area contributed by atoms with Crippen LogP contribution in [0.25, 0.3) is 28.6 Å². The van der Waals surface area contributed by atoms with Crippen molar-refractivity contribution in [1.29, 1.82) is 5.26 Å². The Morgan fingerprint density at radius 3 is 2.70 bits per heavy atom. The van der Waals surface area contributed by atoms with Crippen LogP contribution in [0.4, 0.5) is 0 Å². The molecule has 0 saturated carbocycles. The number of aromatic nitrogens is 1. The quantitative estimate of drug-likeness (QED) is 0.744. The second kappa shape index (κ2) is 5.78.